The number of nitrogens with zero attached hydrogens (tertiary/aromatic N) is 2. The van der Waals surface area contributed by atoms with Gasteiger partial charge in [-0.3, -0.25) is 14.7 Å². The highest BCUT2D eigenvalue weighted by Gasteiger charge is 2.37. The quantitative estimate of drug-likeness (QED) is 0.838. The second kappa shape index (κ2) is 6.19. The molecule has 6 heteroatoms. The van der Waals surface area contributed by atoms with Crippen molar-refractivity contribution in [2.45, 2.75) is 26.4 Å². The molecule has 1 aromatic rings. The Balaban J connectivity index is 2.16. The number of carboxylic acids is 1. The van der Waals surface area contributed by atoms with Gasteiger partial charge in [-0.2, -0.15) is 0 Å². The molecule has 0 amide bonds. The van der Waals surface area contributed by atoms with Gasteiger partial charge in [-0.15, -0.1) is 0 Å². The molecule has 1 fully saturated rings. The molecule has 0 aromatic carbocycles. The molecule has 0 radical (unpaired) electrons. The van der Waals surface area contributed by atoms with Crippen LogP contribution in [0.4, 0.5) is 0 Å². The van der Waals surface area contributed by atoms with E-state index in [-0.39, 0.29) is 18.4 Å². The summed E-state index contributed by atoms with van der Waals surface area (Å²) in [5, 5.41) is 19.1. The van der Waals surface area contributed by atoms with Crippen LogP contribution in [0.5, 0.6) is 5.75 Å². The van der Waals surface area contributed by atoms with Crippen LogP contribution in [-0.2, 0) is 16.1 Å². The van der Waals surface area contributed by atoms with E-state index in [1.165, 1.54) is 0 Å². The maximum absolute atomic E-state index is 11.2. The molecule has 20 heavy (non-hydrogen) atoms. The van der Waals surface area contributed by atoms with Crippen LogP contribution in [0.1, 0.15) is 18.3 Å². The minimum atomic E-state index is -0.840. The third-order valence-corrected chi connectivity index (χ3v) is 3.69. The maximum Gasteiger partial charge on any atom is 0.310 e. The smallest absolute Gasteiger partial charge is 0.310 e. The zero-order valence-electron chi connectivity index (χ0n) is 11.7. The van der Waals surface area contributed by atoms with Crippen molar-refractivity contribution in [1.29, 1.82) is 0 Å². The summed E-state index contributed by atoms with van der Waals surface area (Å²) >= 11 is 0. The van der Waals surface area contributed by atoms with E-state index in [0.717, 1.165) is 5.69 Å². The van der Waals surface area contributed by atoms with Gasteiger partial charge in [-0.25, -0.2) is 0 Å². The first-order chi connectivity index (χ1) is 9.52. The van der Waals surface area contributed by atoms with Crippen molar-refractivity contribution in [3.63, 3.8) is 0 Å². The van der Waals surface area contributed by atoms with Gasteiger partial charge in [-0.1, -0.05) is 6.92 Å². The van der Waals surface area contributed by atoms with Crippen molar-refractivity contribution in [3.05, 3.63) is 23.5 Å². The predicted octanol–water partition coefficient (Wildman–Crippen LogP) is 1.02. The Labute approximate surface area is 118 Å². The van der Waals surface area contributed by atoms with Crippen LogP contribution in [0.15, 0.2) is 12.1 Å². The van der Waals surface area contributed by atoms with Crippen molar-refractivity contribution in [1.82, 2.24) is 9.88 Å². The highest BCUT2D eigenvalue weighted by atomic mass is 16.5. The standard InChI is InChI=1S/C14H20N2O4/c1-3-16(12-8-20-7-10(12)14(18)19)6-11-13(17)5-4-9(2)15-11/h4-5,10,12,17H,3,6-8H2,1-2H3,(H,18,19). The number of rotatable bonds is 5. The first-order valence-corrected chi connectivity index (χ1v) is 6.73. The van der Waals surface area contributed by atoms with Crippen LogP contribution in [0.2, 0.25) is 0 Å². The van der Waals surface area contributed by atoms with E-state index in [0.29, 0.717) is 25.4 Å². The van der Waals surface area contributed by atoms with E-state index >= 15 is 0 Å². The average Bonchev–Trinajstić information content (AvgIpc) is 2.89. The van der Waals surface area contributed by atoms with Crippen LogP contribution in [0.3, 0.4) is 0 Å². The number of likely N-dealkylation sites (N-methyl/N-ethyl adjacent to an activating group) is 1. The molecule has 1 aliphatic heterocycles. The van der Waals surface area contributed by atoms with Gasteiger partial charge in [0.1, 0.15) is 5.75 Å². The molecule has 0 saturated carbocycles. The highest BCUT2D eigenvalue weighted by molar-refractivity contribution is 5.71. The molecule has 2 rings (SSSR count). The molecular formula is C14H20N2O4. The lowest BCUT2D eigenvalue weighted by molar-refractivity contribution is -0.143. The number of pyridine rings is 1. The second-order valence-electron chi connectivity index (χ2n) is 5.03. The molecule has 2 heterocycles. The monoisotopic (exact) mass is 280 g/mol. The van der Waals surface area contributed by atoms with Gasteiger partial charge in [0.05, 0.1) is 24.8 Å². The maximum atomic E-state index is 11.2. The molecule has 1 aliphatic rings. The summed E-state index contributed by atoms with van der Waals surface area (Å²) in [5.74, 6) is -1.23. The first-order valence-electron chi connectivity index (χ1n) is 6.73. The summed E-state index contributed by atoms with van der Waals surface area (Å²) in [5.41, 5.74) is 1.40. The Hall–Kier alpha value is -1.66. The van der Waals surface area contributed by atoms with Gasteiger partial charge in [0.25, 0.3) is 0 Å². The normalized spacial score (nSPS) is 22.4. The summed E-state index contributed by atoms with van der Waals surface area (Å²) in [4.78, 5) is 17.5. The molecule has 0 bridgehead atoms. The fraction of sp³-hybridized carbons (Fsp3) is 0.571. The lowest BCUT2D eigenvalue weighted by atomic mass is 10.0. The lowest BCUT2D eigenvalue weighted by Crippen LogP contribution is -2.42. The second-order valence-corrected chi connectivity index (χ2v) is 5.03. The van der Waals surface area contributed by atoms with Crippen molar-refractivity contribution in [2.75, 3.05) is 19.8 Å². The topological polar surface area (TPSA) is 82.9 Å². The van der Waals surface area contributed by atoms with Crippen LogP contribution in [0, 0.1) is 12.8 Å². The van der Waals surface area contributed by atoms with Crippen molar-refractivity contribution < 1.29 is 19.7 Å². The molecule has 2 atom stereocenters. The average molecular weight is 280 g/mol. The third-order valence-electron chi connectivity index (χ3n) is 3.69. The summed E-state index contributed by atoms with van der Waals surface area (Å²) < 4.78 is 5.30. The Morgan fingerprint density at radius 1 is 1.50 bits per heavy atom. The molecule has 2 unspecified atom stereocenters. The fourth-order valence-corrected chi connectivity index (χ4v) is 2.51. The molecule has 110 valence electrons. The number of ether oxygens (including phenoxy) is 1. The summed E-state index contributed by atoms with van der Waals surface area (Å²) in [6.07, 6.45) is 0. The van der Waals surface area contributed by atoms with E-state index in [1.807, 2.05) is 18.7 Å². The highest BCUT2D eigenvalue weighted by Crippen LogP contribution is 2.24. The SMILES string of the molecule is CCN(Cc1nc(C)ccc1O)C1COCC1C(=O)O. The van der Waals surface area contributed by atoms with Crippen molar-refractivity contribution in [3.8, 4) is 5.75 Å². The number of aliphatic carboxylic acids is 1. The van der Waals surface area contributed by atoms with Crippen molar-refractivity contribution >= 4 is 5.97 Å². The molecular weight excluding hydrogens is 260 g/mol. The molecule has 1 saturated heterocycles. The molecule has 6 nitrogen and oxygen atoms in total. The van der Waals surface area contributed by atoms with Crippen molar-refractivity contribution in [2.24, 2.45) is 5.92 Å². The summed E-state index contributed by atoms with van der Waals surface area (Å²) in [6, 6.07) is 3.18. The summed E-state index contributed by atoms with van der Waals surface area (Å²) in [7, 11) is 0. The number of aryl methyl sites for hydroxylation is 1. The van der Waals surface area contributed by atoms with Crippen LogP contribution >= 0.6 is 0 Å². The van der Waals surface area contributed by atoms with Gasteiger partial charge < -0.3 is 14.9 Å². The Morgan fingerprint density at radius 2 is 2.25 bits per heavy atom. The third kappa shape index (κ3) is 3.08. The van der Waals surface area contributed by atoms with Crippen LogP contribution in [-0.4, -0.2) is 51.9 Å². The fourth-order valence-electron chi connectivity index (χ4n) is 2.51. The molecule has 1 aromatic heterocycles. The number of aromatic hydroxyl groups is 1. The van der Waals surface area contributed by atoms with E-state index in [4.69, 9.17) is 4.74 Å². The van der Waals surface area contributed by atoms with E-state index in [9.17, 15) is 15.0 Å². The molecule has 0 spiro atoms. The number of carbonyl (C=O) groups is 1. The van der Waals surface area contributed by atoms with E-state index in [2.05, 4.69) is 4.98 Å². The number of carboxylic acid groups (broad SMARTS) is 1. The number of hydrogen-bond acceptors (Lipinski definition) is 5. The number of hydrogen-bond donors (Lipinski definition) is 2. The summed E-state index contributed by atoms with van der Waals surface area (Å²) in [6.45, 7) is 5.55. The Bertz CT molecular complexity index is 492. The number of aromatic nitrogens is 1. The first kappa shape index (κ1) is 14.7. The predicted molar refractivity (Wildman–Crippen MR) is 72.5 cm³/mol. The van der Waals surface area contributed by atoms with Gasteiger partial charge in [-0.05, 0) is 25.6 Å². The molecule has 2 N–H and O–H groups in total. The lowest BCUT2D eigenvalue weighted by Gasteiger charge is -2.29. The Morgan fingerprint density at radius 3 is 2.90 bits per heavy atom. The van der Waals surface area contributed by atoms with Gasteiger partial charge in [0.2, 0.25) is 0 Å². The van der Waals surface area contributed by atoms with Crippen LogP contribution < -0.4 is 0 Å². The van der Waals surface area contributed by atoms with Crippen LogP contribution in [0.25, 0.3) is 0 Å². The van der Waals surface area contributed by atoms with E-state index < -0.39 is 11.9 Å². The van der Waals surface area contributed by atoms with E-state index in [1.54, 1.807) is 12.1 Å². The minimum absolute atomic E-state index is 0.139. The zero-order valence-corrected chi connectivity index (χ0v) is 11.7. The largest absolute Gasteiger partial charge is 0.506 e. The Kier molecular flexibility index (Phi) is 4.57. The van der Waals surface area contributed by atoms with Gasteiger partial charge >= 0.3 is 5.97 Å². The van der Waals surface area contributed by atoms with Gasteiger partial charge in [0, 0.05) is 18.3 Å². The zero-order chi connectivity index (χ0) is 14.7. The minimum Gasteiger partial charge on any atom is -0.506 e. The molecule has 0 aliphatic carbocycles. The van der Waals surface area contributed by atoms with Gasteiger partial charge in [0.15, 0.2) is 0 Å².